The molecule has 1 fully saturated rings. The Labute approximate surface area is 86.0 Å². The van der Waals surface area contributed by atoms with E-state index in [0.29, 0.717) is 11.8 Å². The van der Waals surface area contributed by atoms with Gasteiger partial charge in [0, 0.05) is 6.61 Å². The smallest absolute Gasteiger partial charge is 0.351 e. The molecule has 2 rings (SSSR count). The van der Waals surface area contributed by atoms with E-state index in [1.807, 2.05) is 0 Å². The summed E-state index contributed by atoms with van der Waals surface area (Å²) in [4.78, 5) is 14.8. The number of methoxy groups -OCH3 is 1. The van der Waals surface area contributed by atoms with Crippen molar-refractivity contribution in [2.75, 3.05) is 13.7 Å². The number of hydrogen-bond acceptors (Lipinski definition) is 6. The number of thioether (sulfide) groups is 1. The van der Waals surface area contributed by atoms with Crippen molar-refractivity contribution in [2.45, 2.75) is 23.8 Å². The second kappa shape index (κ2) is 3.43. The summed E-state index contributed by atoms with van der Waals surface area (Å²) in [6.45, 7) is 0.557. The van der Waals surface area contributed by atoms with Crippen molar-refractivity contribution in [3.63, 3.8) is 0 Å². The third-order valence-electron chi connectivity index (χ3n) is 2.39. The van der Waals surface area contributed by atoms with Crippen molar-refractivity contribution in [3.05, 3.63) is 0 Å². The fraction of sp³-hybridized carbons (Fsp3) is 0.750. The maximum absolute atomic E-state index is 11.6. The van der Waals surface area contributed by atoms with E-state index in [-0.39, 0.29) is 6.04 Å². The largest absolute Gasteiger partial charge is 0.466 e. The molecule has 0 saturated carbocycles. The van der Waals surface area contributed by atoms with Gasteiger partial charge < -0.3 is 15.2 Å². The van der Waals surface area contributed by atoms with Gasteiger partial charge in [0.25, 0.3) is 0 Å². The third kappa shape index (κ3) is 1.29. The molecule has 78 valence electrons. The van der Waals surface area contributed by atoms with E-state index in [1.165, 1.54) is 7.11 Å². The Morgan fingerprint density at radius 1 is 1.86 bits per heavy atom. The molecule has 14 heavy (non-hydrogen) atoms. The molecule has 2 atom stereocenters. The van der Waals surface area contributed by atoms with Crippen LogP contribution < -0.4 is 5.73 Å². The average Bonchev–Trinajstić information content (AvgIpc) is 2.53. The molecule has 0 amide bonds. The van der Waals surface area contributed by atoms with Crippen molar-refractivity contribution in [2.24, 2.45) is 10.7 Å². The van der Waals surface area contributed by atoms with Crippen molar-refractivity contribution in [1.29, 1.82) is 0 Å². The molecule has 0 bridgehead atoms. The standard InChI is InChI=1S/C8H12N2O3S/c1-12-6(11)8-5(3-2-4-13-8)10-7(9)14-8/h5H,2-4H2,1H3,(H2,9,10). The van der Waals surface area contributed by atoms with Crippen LogP contribution in [-0.4, -0.2) is 35.8 Å². The Balaban J connectivity index is 2.27. The minimum absolute atomic E-state index is 0.186. The number of nitrogens with two attached hydrogens (primary N) is 1. The number of nitrogens with zero attached hydrogens (tertiary/aromatic N) is 1. The van der Waals surface area contributed by atoms with Gasteiger partial charge in [0.05, 0.1) is 7.11 Å². The van der Waals surface area contributed by atoms with Crippen LogP contribution in [0.1, 0.15) is 12.8 Å². The topological polar surface area (TPSA) is 73.9 Å². The van der Waals surface area contributed by atoms with Crippen molar-refractivity contribution < 1.29 is 14.3 Å². The second-order valence-corrected chi connectivity index (χ2v) is 4.46. The molecule has 5 nitrogen and oxygen atoms in total. The highest BCUT2D eigenvalue weighted by molar-refractivity contribution is 8.15. The molecule has 0 radical (unpaired) electrons. The van der Waals surface area contributed by atoms with Gasteiger partial charge in [0.1, 0.15) is 6.04 Å². The zero-order chi connectivity index (χ0) is 10.2. The lowest BCUT2D eigenvalue weighted by molar-refractivity contribution is -0.162. The lowest BCUT2D eigenvalue weighted by Gasteiger charge is -2.33. The molecule has 2 heterocycles. The Morgan fingerprint density at radius 3 is 3.36 bits per heavy atom. The predicted molar refractivity (Wildman–Crippen MR) is 52.9 cm³/mol. The molecular formula is C8H12N2O3S. The summed E-state index contributed by atoms with van der Waals surface area (Å²) in [6, 6.07) is -0.186. The van der Waals surface area contributed by atoms with E-state index in [0.717, 1.165) is 24.6 Å². The molecule has 0 spiro atoms. The normalized spacial score (nSPS) is 36.1. The second-order valence-electron chi connectivity index (χ2n) is 3.23. The first kappa shape index (κ1) is 9.79. The lowest BCUT2D eigenvalue weighted by atomic mass is 10.0. The van der Waals surface area contributed by atoms with Crippen LogP contribution in [0.4, 0.5) is 0 Å². The molecule has 2 aliphatic rings. The van der Waals surface area contributed by atoms with E-state index >= 15 is 0 Å². The minimum Gasteiger partial charge on any atom is -0.466 e. The number of ether oxygens (including phenoxy) is 2. The maximum Gasteiger partial charge on any atom is 0.351 e. The average molecular weight is 216 g/mol. The highest BCUT2D eigenvalue weighted by Crippen LogP contribution is 2.43. The first-order valence-corrected chi connectivity index (χ1v) is 5.25. The van der Waals surface area contributed by atoms with E-state index in [9.17, 15) is 4.79 Å². The van der Waals surface area contributed by atoms with Gasteiger partial charge in [0.15, 0.2) is 5.17 Å². The first-order valence-electron chi connectivity index (χ1n) is 4.43. The van der Waals surface area contributed by atoms with Crippen molar-refractivity contribution in [1.82, 2.24) is 0 Å². The maximum atomic E-state index is 11.6. The van der Waals surface area contributed by atoms with Crippen LogP contribution in [0, 0.1) is 0 Å². The van der Waals surface area contributed by atoms with Gasteiger partial charge in [-0.2, -0.15) is 0 Å². The molecule has 1 saturated heterocycles. The van der Waals surface area contributed by atoms with Crippen molar-refractivity contribution in [3.8, 4) is 0 Å². The van der Waals surface area contributed by atoms with Gasteiger partial charge >= 0.3 is 5.97 Å². The Kier molecular flexibility index (Phi) is 2.40. The highest BCUT2D eigenvalue weighted by atomic mass is 32.2. The zero-order valence-electron chi connectivity index (χ0n) is 7.86. The van der Waals surface area contributed by atoms with E-state index in [2.05, 4.69) is 4.99 Å². The van der Waals surface area contributed by atoms with Crippen LogP contribution >= 0.6 is 11.8 Å². The van der Waals surface area contributed by atoms with Gasteiger partial charge in [0.2, 0.25) is 4.93 Å². The van der Waals surface area contributed by atoms with Crippen LogP contribution in [-0.2, 0) is 14.3 Å². The summed E-state index contributed by atoms with van der Waals surface area (Å²) in [7, 11) is 1.35. The molecule has 6 heteroatoms. The Hall–Kier alpha value is -0.750. The minimum atomic E-state index is -1.00. The first-order chi connectivity index (χ1) is 6.69. The number of carbonyl (C=O) groups is 1. The fourth-order valence-electron chi connectivity index (χ4n) is 1.75. The van der Waals surface area contributed by atoms with Gasteiger partial charge in [-0.25, -0.2) is 4.79 Å². The predicted octanol–water partition coefficient (Wildman–Crippen LogP) is 0.0962. The van der Waals surface area contributed by atoms with E-state index in [1.54, 1.807) is 0 Å². The number of esters is 1. The lowest BCUT2D eigenvalue weighted by Crippen LogP contribution is -2.49. The summed E-state index contributed by atoms with van der Waals surface area (Å²) in [5.41, 5.74) is 5.60. The number of amidine groups is 1. The highest BCUT2D eigenvalue weighted by Gasteiger charge is 2.55. The summed E-state index contributed by atoms with van der Waals surface area (Å²) in [5.74, 6) is -0.392. The molecule has 0 aromatic heterocycles. The zero-order valence-corrected chi connectivity index (χ0v) is 8.67. The quantitative estimate of drug-likeness (QED) is 0.629. The summed E-state index contributed by atoms with van der Waals surface area (Å²) in [5, 5.41) is 0.405. The molecule has 2 unspecified atom stereocenters. The SMILES string of the molecule is COC(=O)C12OCCCC1N=C(N)S2. The summed E-state index contributed by atoms with van der Waals surface area (Å²) >= 11 is 1.16. The van der Waals surface area contributed by atoms with Crippen LogP contribution in [0.2, 0.25) is 0 Å². The monoisotopic (exact) mass is 216 g/mol. The fourth-order valence-corrected chi connectivity index (χ4v) is 2.85. The Morgan fingerprint density at radius 2 is 2.64 bits per heavy atom. The summed E-state index contributed by atoms with van der Waals surface area (Å²) < 4.78 is 10.2. The molecule has 2 N–H and O–H groups in total. The number of aliphatic imine (C=N–C) groups is 1. The van der Waals surface area contributed by atoms with Crippen molar-refractivity contribution >= 4 is 22.9 Å². The van der Waals surface area contributed by atoms with E-state index < -0.39 is 10.9 Å². The summed E-state index contributed by atoms with van der Waals surface area (Å²) in [6.07, 6.45) is 1.73. The number of hydrogen-bond donors (Lipinski definition) is 1. The molecule has 2 aliphatic heterocycles. The molecule has 0 aromatic rings. The third-order valence-corrected chi connectivity index (χ3v) is 3.56. The molecule has 0 aromatic carbocycles. The van der Waals surface area contributed by atoms with Crippen LogP contribution in [0.15, 0.2) is 4.99 Å². The number of fused-ring (bicyclic) bond motifs is 1. The van der Waals surface area contributed by atoms with Crippen LogP contribution in [0.5, 0.6) is 0 Å². The number of rotatable bonds is 1. The van der Waals surface area contributed by atoms with Gasteiger partial charge in [-0.3, -0.25) is 4.99 Å². The van der Waals surface area contributed by atoms with E-state index in [4.69, 9.17) is 15.2 Å². The Bertz CT molecular complexity index is 294. The number of carbonyl (C=O) groups excluding carboxylic acids is 1. The molecule has 0 aliphatic carbocycles. The van der Waals surface area contributed by atoms with Crippen LogP contribution in [0.3, 0.4) is 0 Å². The van der Waals surface area contributed by atoms with Crippen LogP contribution in [0.25, 0.3) is 0 Å². The van der Waals surface area contributed by atoms with Gasteiger partial charge in [-0.15, -0.1) is 0 Å². The van der Waals surface area contributed by atoms with Gasteiger partial charge in [-0.1, -0.05) is 0 Å². The molecular weight excluding hydrogens is 204 g/mol. The van der Waals surface area contributed by atoms with Gasteiger partial charge in [-0.05, 0) is 24.6 Å².